The molecular formula is C17H18N2O4. The van der Waals surface area contributed by atoms with Gasteiger partial charge in [0.2, 0.25) is 11.8 Å². The fourth-order valence-electron chi connectivity index (χ4n) is 3.27. The first-order chi connectivity index (χ1) is 11.1. The molecule has 1 aromatic rings. The molecule has 0 atom stereocenters. The summed E-state index contributed by atoms with van der Waals surface area (Å²) in [6.45, 7) is 1.05. The highest BCUT2D eigenvalue weighted by atomic mass is 16.4. The lowest BCUT2D eigenvalue weighted by Crippen LogP contribution is -2.47. The van der Waals surface area contributed by atoms with Crippen molar-refractivity contribution in [2.45, 2.75) is 25.3 Å². The predicted octanol–water partition coefficient (Wildman–Crippen LogP) is 1.21. The molecule has 0 aliphatic carbocycles. The van der Waals surface area contributed by atoms with Crippen LogP contribution in [-0.4, -0.2) is 46.9 Å². The van der Waals surface area contributed by atoms with Gasteiger partial charge in [0, 0.05) is 37.0 Å². The summed E-state index contributed by atoms with van der Waals surface area (Å²) in [5, 5.41) is 8.57. The van der Waals surface area contributed by atoms with Gasteiger partial charge in [0.25, 0.3) is 0 Å². The van der Waals surface area contributed by atoms with Crippen LogP contribution in [0.2, 0.25) is 0 Å². The predicted molar refractivity (Wildman–Crippen MR) is 84.0 cm³/mol. The van der Waals surface area contributed by atoms with Crippen LogP contribution in [-0.2, 0) is 20.8 Å². The van der Waals surface area contributed by atoms with Crippen LogP contribution < -0.4 is 4.90 Å². The number of hydrogen-bond acceptors (Lipinski definition) is 3. The molecule has 0 radical (unpaired) electrons. The number of benzene rings is 1. The molecule has 23 heavy (non-hydrogen) atoms. The molecule has 1 saturated heterocycles. The minimum Gasteiger partial charge on any atom is -0.478 e. The number of nitrogens with zero attached hydrogens (tertiary/aromatic N) is 2. The number of fused-ring (bicyclic) bond motifs is 1. The monoisotopic (exact) mass is 314 g/mol. The topological polar surface area (TPSA) is 77.9 Å². The van der Waals surface area contributed by atoms with Crippen molar-refractivity contribution < 1.29 is 19.5 Å². The van der Waals surface area contributed by atoms with E-state index in [4.69, 9.17) is 5.11 Å². The van der Waals surface area contributed by atoms with Crippen LogP contribution in [0.5, 0.6) is 0 Å². The van der Waals surface area contributed by atoms with Gasteiger partial charge in [-0.05, 0) is 24.5 Å². The van der Waals surface area contributed by atoms with E-state index >= 15 is 0 Å². The van der Waals surface area contributed by atoms with E-state index < -0.39 is 5.97 Å². The van der Waals surface area contributed by atoms with Crippen molar-refractivity contribution in [3.63, 3.8) is 0 Å². The highest BCUT2D eigenvalue weighted by molar-refractivity contribution is 6.02. The number of rotatable bonds is 3. The Balaban J connectivity index is 1.65. The van der Waals surface area contributed by atoms with Crippen LogP contribution in [0, 0.1) is 0 Å². The Morgan fingerprint density at radius 3 is 2.52 bits per heavy atom. The quantitative estimate of drug-likeness (QED) is 0.851. The maximum absolute atomic E-state index is 12.3. The van der Waals surface area contributed by atoms with Gasteiger partial charge in [0.15, 0.2) is 0 Å². The summed E-state index contributed by atoms with van der Waals surface area (Å²) in [6.07, 6.45) is 3.78. The number of para-hydroxylation sites is 1. The maximum atomic E-state index is 12.3. The highest BCUT2D eigenvalue weighted by Crippen LogP contribution is 2.33. The van der Waals surface area contributed by atoms with Crippen molar-refractivity contribution in [2.24, 2.45) is 0 Å². The van der Waals surface area contributed by atoms with Crippen LogP contribution in [0.15, 0.2) is 36.4 Å². The Morgan fingerprint density at radius 1 is 1.13 bits per heavy atom. The molecule has 0 saturated carbocycles. The van der Waals surface area contributed by atoms with Gasteiger partial charge in [-0.2, -0.15) is 0 Å². The first-order valence-corrected chi connectivity index (χ1v) is 7.66. The molecule has 1 fully saturated rings. The van der Waals surface area contributed by atoms with Crippen LogP contribution in [0.25, 0.3) is 0 Å². The molecule has 2 amide bonds. The van der Waals surface area contributed by atoms with Crippen LogP contribution >= 0.6 is 0 Å². The number of likely N-dealkylation sites (tertiary alicyclic amines) is 1. The molecular weight excluding hydrogens is 296 g/mol. The van der Waals surface area contributed by atoms with Crippen molar-refractivity contribution in [3.8, 4) is 0 Å². The number of piperidine rings is 1. The standard InChI is InChI=1S/C17H18N2O4/c20-15(5-6-17(22)23)18-9-7-13(8-10-18)19-14-4-2-1-3-12(14)11-16(19)21/h1-6,13H,7-11H2,(H,22,23). The number of carboxylic acid groups (broad SMARTS) is 1. The van der Waals surface area contributed by atoms with Gasteiger partial charge in [-0.1, -0.05) is 18.2 Å². The summed E-state index contributed by atoms with van der Waals surface area (Å²) < 4.78 is 0. The summed E-state index contributed by atoms with van der Waals surface area (Å²) in [4.78, 5) is 38.1. The largest absolute Gasteiger partial charge is 0.478 e. The third-order valence-electron chi connectivity index (χ3n) is 4.37. The van der Waals surface area contributed by atoms with Crippen molar-refractivity contribution in [1.82, 2.24) is 4.90 Å². The second-order valence-corrected chi connectivity index (χ2v) is 5.80. The van der Waals surface area contributed by atoms with E-state index in [1.807, 2.05) is 29.2 Å². The summed E-state index contributed by atoms with van der Waals surface area (Å²) in [6, 6.07) is 7.90. The lowest BCUT2D eigenvalue weighted by molar-refractivity contribution is -0.132. The van der Waals surface area contributed by atoms with E-state index in [0.717, 1.165) is 23.4 Å². The molecule has 0 unspecified atom stereocenters. The van der Waals surface area contributed by atoms with Crippen molar-refractivity contribution in [2.75, 3.05) is 18.0 Å². The van der Waals surface area contributed by atoms with E-state index in [0.29, 0.717) is 32.4 Å². The highest BCUT2D eigenvalue weighted by Gasteiger charge is 2.35. The van der Waals surface area contributed by atoms with Gasteiger partial charge >= 0.3 is 5.97 Å². The lowest BCUT2D eigenvalue weighted by Gasteiger charge is -2.36. The van der Waals surface area contributed by atoms with Gasteiger partial charge in [-0.25, -0.2) is 4.79 Å². The Bertz CT molecular complexity index is 675. The normalized spacial score (nSPS) is 18.5. The molecule has 1 N–H and O–H groups in total. The van der Waals surface area contributed by atoms with E-state index in [-0.39, 0.29) is 17.9 Å². The van der Waals surface area contributed by atoms with E-state index in [9.17, 15) is 14.4 Å². The van der Waals surface area contributed by atoms with E-state index in [2.05, 4.69) is 0 Å². The van der Waals surface area contributed by atoms with Gasteiger partial charge in [0.05, 0.1) is 6.42 Å². The fraction of sp³-hybridized carbons (Fsp3) is 0.353. The molecule has 0 spiro atoms. The van der Waals surface area contributed by atoms with Crippen LogP contribution in [0.3, 0.4) is 0 Å². The third-order valence-corrected chi connectivity index (χ3v) is 4.37. The zero-order chi connectivity index (χ0) is 16.4. The summed E-state index contributed by atoms with van der Waals surface area (Å²) in [5.74, 6) is -1.31. The van der Waals surface area contributed by atoms with Crippen LogP contribution in [0.1, 0.15) is 18.4 Å². The Kier molecular flexibility index (Phi) is 4.14. The second-order valence-electron chi connectivity index (χ2n) is 5.80. The Morgan fingerprint density at radius 2 is 1.83 bits per heavy atom. The first kappa shape index (κ1) is 15.3. The minimum atomic E-state index is -1.13. The molecule has 6 nitrogen and oxygen atoms in total. The number of carboxylic acids is 1. The van der Waals surface area contributed by atoms with Crippen LogP contribution in [0.4, 0.5) is 5.69 Å². The molecule has 120 valence electrons. The zero-order valence-electron chi connectivity index (χ0n) is 12.6. The second kappa shape index (κ2) is 6.24. The molecule has 0 aromatic heterocycles. The van der Waals surface area contributed by atoms with Gasteiger partial charge < -0.3 is 14.9 Å². The SMILES string of the molecule is O=C(O)C=CC(=O)N1CCC(N2C(=O)Cc3ccccc32)CC1. The molecule has 6 heteroatoms. The molecule has 1 aromatic carbocycles. The average Bonchev–Trinajstić information content (AvgIpc) is 2.88. The maximum Gasteiger partial charge on any atom is 0.328 e. The number of aliphatic carboxylic acids is 1. The number of amides is 2. The first-order valence-electron chi connectivity index (χ1n) is 7.66. The van der Waals surface area contributed by atoms with Gasteiger partial charge in [-0.15, -0.1) is 0 Å². The summed E-state index contributed by atoms with van der Waals surface area (Å²) in [5.41, 5.74) is 2.04. The lowest BCUT2D eigenvalue weighted by atomic mass is 10.0. The molecule has 2 aliphatic rings. The molecule has 0 bridgehead atoms. The van der Waals surface area contributed by atoms with Crippen molar-refractivity contribution in [1.29, 1.82) is 0 Å². The third kappa shape index (κ3) is 3.11. The minimum absolute atomic E-state index is 0.0960. The summed E-state index contributed by atoms with van der Waals surface area (Å²) >= 11 is 0. The molecule has 3 rings (SSSR count). The smallest absolute Gasteiger partial charge is 0.328 e. The summed E-state index contributed by atoms with van der Waals surface area (Å²) in [7, 11) is 0. The number of carbonyl (C=O) groups excluding carboxylic acids is 2. The fourth-order valence-corrected chi connectivity index (χ4v) is 3.27. The van der Waals surface area contributed by atoms with Gasteiger partial charge in [-0.3, -0.25) is 9.59 Å². The number of anilines is 1. The van der Waals surface area contributed by atoms with E-state index in [1.165, 1.54) is 0 Å². The van der Waals surface area contributed by atoms with Crippen molar-refractivity contribution >= 4 is 23.5 Å². The van der Waals surface area contributed by atoms with Crippen molar-refractivity contribution in [3.05, 3.63) is 42.0 Å². The zero-order valence-corrected chi connectivity index (χ0v) is 12.6. The number of carbonyl (C=O) groups is 3. The Hall–Kier alpha value is -2.63. The molecule has 2 heterocycles. The number of hydrogen-bond donors (Lipinski definition) is 1. The Labute approximate surface area is 134 Å². The van der Waals surface area contributed by atoms with Gasteiger partial charge in [0.1, 0.15) is 0 Å². The molecule has 2 aliphatic heterocycles. The van der Waals surface area contributed by atoms with E-state index in [1.54, 1.807) is 4.90 Å². The average molecular weight is 314 g/mol.